The first-order valence-electron chi connectivity index (χ1n) is 9.10. The third-order valence-corrected chi connectivity index (χ3v) is 5.04. The van der Waals surface area contributed by atoms with Crippen LogP contribution in [0.2, 0.25) is 0 Å². The third kappa shape index (κ3) is 5.03. The Balaban J connectivity index is 1.76. The molecule has 1 saturated carbocycles. The van der Waals surface area contributed by atoms with Crippen LogP contribution < -0.4 is 4.74 Å². The number of aromatic nitrogens is 1. The van der Waals surface area contributed by atoms with E-state index in [1.54, 1.807) is 7.11 Å². The minimum absolute atomic E-state index is 0.132. The van der Waals surface area contributed by atoms with E-state index in [2.05, 4.69) is 41.1 Å². The number of ether oxygens (including phenoxy) is 1. The van der Waals surface area contributed by atoms with E-state index in [4.69, 9.17) is 4.74 Å². The maximum absolute atomic E-state index is 9.84. The number of nitrogens with zero attached hydrogens (tertiary/aromatic N) is 2. The van der Waals surface area contributed by atoms with Gasteiger partial charge >= 0.3 is 0 Å². The van der Waals surface area contributed by atoms with Crippen LogP contribution in [0.4, 0.5) is 0 Å². The first-order valence-corrected chi connectivity index (χ1v) is 9.10. The molecular formula is C21H28N2O2. The second-order valence-corrected chi connectivity index (χ2v) is 7.05. The average molecular weight is 340 g/mol. The third-order valence-electron chi connectivity index (χ3n) is 5.04. The van der Waals surface area contributed by atoms with E-state index in [1.807, 2.05) is 18.3 Å². The van der Waals surface area contributed by atoms with Crippen LogP contribution in [0.15, 0.2) is 42.6 Å². The maximum Gasteiger partial charge on any atom is 0.119 e. The molecule has 25 heavy (non-hydrogen) atoms. The fourth-order valence-electron chi connectivity index (χ4n) is 3.54. The van der Waals surface area contributed by atoms with Crippen LogP contribution in [0.1, 0.15) is 42.5 Å². The number of rotatable bonds is 6. The molecular weight excluding hydrogens is 312 g/mol. The topological polar surface area (TPSA) is 45.6 Å². The first-order chi connectivity index (χ1) is 12.1. The minimum atomic E-state index is -0.132. The van der Waals surface area contributed by atoms with Gasteiger partial charge in [-0.05, 0) is 61.9 Å². The highest BCUT2D eigenvalue weighted by Gasteiger charge is 2.25. The molecule has 0 spiro atoms. The average Bonchev–Trinajstić information content (AvgIpc) is 2.64. The molecule has 1 heterocycles. The molecule has 0 amide bonds. The molecule has 0 unspecified atom stereocenters. The summed E-state index contributed by atoms with van der Waals surface area (Å²) in [6.07, 6.45) is 5.66. The number of hydrogen-bond acceptors (Lipinski definition) is 4. The zero-order chi connectivity index (χ0) is 17.6. The van der Waals surface area contributed by atoms with Crippen LogP contribution in [-0.4, -0.2) is 34.2 Å². The van der Waals surface area contributed by atoms with Crippen molar-refractivity contribution in [2.24, 2.45) is 0 Å². The van der Waals surface area contributed by atoms with Crippen molar-refractivity contribution in [3.8, 4) is 5.75 Å². The smallest absolute Gasteiger partial charge is 0.119 e. The van der Waals surface area contributed by atoms with Crippen molar-refractivity contribution < 1.29 is 9.84 Å². The van der Waals surface area contributed by atoms with Crippen LogP contribution in [0.3, 0.4) is 0 Å². The second kappa shape index (κ2) is 8.45. The number of benzene rings is 1. The van der Waals surface area contributed by atoms with Gasteiger partial charge in [0.25, 0.3) is 0 Å². The van der Waals surface area contributed by atoms with Gasteiger partial charge in [0.15, 0.2) is 0 Å². The van der Waals surface area contributed by atoms with Crippen LogP contribution >= 0.6 is 0 Å². The van der Waals surface area contributed by atoms with Crippen molar-refractivity contribution in [1.29, 1.82) is 0 Å². The quantitative estimate of drug-likeness (QED) is 0.871. The van der Waals surface area contributed by atoms with Crippen molar-refractivity contribution in [2.45, 2.75) is 57.8 Å². The molecule has 0 atom stereocenters. The van der Waals surface area contributed by atoms with E-state index < -0.39 is 0 Å². The van der Waals surface area contributed by atoms with E-state index in [-0.39, 0.29) is 6.10 Å². The first kappa shape index (κ1) is 17.9. The molecule has 1 N–H and O–H groups in total. The molecule has 1 aromatic carbocycles. The number of aliphatic hydroxyl groups excluding tert-OH is 1. The molecule has 4 nitrogen and oxygen atoms in total. The highest BCUT2D eigenvalue weighted by atomic mass is 16.5. The van der Waals surface area contributed by atoms with Crippen LogP contribution in [0, 0.1) is 6.92 Å². The van der Waals surface area contributed by atoms with E-state index in [1.165, 1.54) is 11.1 Å². The van der Waals surface area contributed by atoms with Gasteiger partial charge in [0.2, 0.25) is 0 Å². The Morgan fingerprint density at radius 1 is 1.12 bits per heavy atom. The monoisotopic (exact) mass is 340 g/mol. The lowest BCUT2D eigenvalue weighted by Crippen LogP contribution is -2.38. The summed E-state index contributed by atoms with van der Waals surface area (Å²) in [7, 11) is 1.70. The van der Waals surface area contributed by atoms with E-state index >= 15 is 0 Å². The predicted octanol–water partition coefficient (Wildman–Crippen LogP) is 3.70. The molecule has 1 fully saturated rings. The Kier molecular flexibility index (Phi) is 6.05. The highest BCUT2D eigenvalue weighted by molar-refractivity contribution is 5.28. The Hall–Kier alpha value is -1.91. The van der Waals surface area contributed by atoms with Crippen molar-refractivity contribution in [3.63, 3.8) is 0 Å². The summed E-state index contributed by atoms with van der Waals surface area (Å²) >= 11 is 0. The molecule has 1 aliphatic rings. The number of pyridine rings is 1. The number of aryl methyl sites for hydroxylation is 1. The number of hydrogen-bond donors (Lipinski definition) is 1. The van der Waals surface area contributed by atoms with E-state index in [0.29, 0.717) is 6.04 Å². The van der Waals surface area contributed by atoms with Crippen molar-refractivity contribution in [1.82, 2.24) is 9.88 Å². The predicted molar refractivity (Wildman–Crippen MR) is 99.5 cm³/mol. The molecule has 4 heteroatoms. The van der Waals surface area contributed by atoms with Crippen molar-refractivity contribution in [2.75, 3.05) is 7.11 Å². The molecule has 0 saturated heterocycles. The van der Waals surface area contributed by atoms with E-state index in [9.17, 15) is 5.11 Å². The van der Waals surface area contributed by atoms with Gasteiger partial charge in [0.05, 0.1) is 18.9 Å². The summed E-state index contributed by atoms with van der Waals surface area (Å²) in [4.78, 5) is 7.09. The summed E-state index contributed by atoms with van der Waals surface area (Å²) in [5, 5.41) is 9.84. The van der Waals surface area contributed by atoms with Crippen LogP contribution in [0.25, 0.3) is 0 Å². The van der Waals surface area contributed by atoms with Crippen LogP contribution in [0.5, 0.6) is 5.75 Å². The Labute approximate surface area is 150 Å². The van der Waals surface area contributed by atoms with Gasteiger partial charge in [0, 0.05) is 25.3 Å². The Bertz CT molecular complexity index is 664. The lowest BCUT2D eigenvalue weighted by Gasteiger charge is -2.35. The largest absolute Gasteiger partial charge is 0.497 e. The van der Waals surface area contributed by atoms with Gasteiger partial charge in [-0.1, -0.05) is 18.2 Å². The molecule has 0 bridgehead atoms. The fraction of sp³-hybridized carbons (Fsp3) is 0.476. The lowest BCUT2D eigenvalue weighted by atomic mass is 9.91. The van der Waals surface area contributed by atoms with E-state index in [0.717, 1.165) is 50.2 Å². The molecule has 0 aliphatic heterocycles. The molecule has 2 aromatic rings. The van der Waals surface area contributed by atoms with Crippen molar-refractivity contribution >= 4 is 0 Å². The summed E-state index contributed by atoms with van der Waals surface area (Å²) in [5.41, 5.74) is 3.53. The van der Waals surface area contributed by atoms with Gasteiger partial charge in [-0.3, -0.25) is 9.88 Å². The fourth-order valence-corrected chi connectivity index (χ4v) is 3.54. The summed E-state index contributed by atoms with van der Waals surface area (Å²) < 4.78 is 5.36. The minimum Gasteiger partial charge on any atom is -0.497 e. The summed E-state index contributed by atoms with van der Waals surface area (Å²) in [6, 6.07) is 13.0. The molecule has 134 valence electrons. The van der Waals surface area contributed by atoms with Gasteiger partial charge in [-0.2, -0.15) is 0 Å². The second-order valence-electron chi connectivity index (χ2n) is 7.05. The Morgan fingerprint density at radius 3 is 2.60 bits per heavy atom. The molecule has 1 aromatic heterocycles. The SMILES string of the molecule is COc1cccc(CN(Cc2ccc(C)cn2)C2CCC(O)CC2)c1. The van der Waals surface area contributed by atoms with Crippen LogP contribution in [-0.2, 0) is 13.1 Å². The van der Waals surface area contributed by atoms with Gasteiger partial charge in [-0.25, -0.2) is 0 Å². The zero-order valence-electron chi connectivity index (χ0n) is 15.2. The Morgan fingerprint density at radius 2 is 1.92 bits per heavy atom. The molecule has 3 rings (SSSR count). The maximum atomic E-state index is 9.84. The van der Waals surface area contributed by atoms with Gasteiger partial charge < -0.3 is 9.84 Å². The normalized spacial score (nSPS) is 20.6. The zero-order valence-corrected chi connectivity index (χ0v) is 15.2. The standard InChI is InChI=1S/C21H28N2O2/c1-16-6-7-18(22-13-16)15-23(19-8-10-20(24)11-9-19)14-17-4-3-5-21(12-17)25-2/h3-7,12-13,19-20,24H,8-11,14-15H2,1-2H3. The highest BCUT2D eigenvalue weighted by Crippen LogP contribution is 2.26. The van der Waals surface area contributed by atoms with Crippen molar-refractivity contribution in [3.05, 3.63) is 59.4 Å². The lowest BCUT2D eigenvalue weighted by molar-refractivity contribution is 0.0660. The molecule has 0 radical (unpaired) electrons. The number of aliphatic hydroxyl groups is 1. The van der Waals surface area contributed by atoms with Gasteiger partial charge in [-0.15, -0.1) is 0 Å². The molecule has 1 aliphatic carbocycles. The number of methoxy groups -OCH3 is 1. The summed E-state index contributed by atoms with van der Waals surface area (Å²) in [5.74, 6) is 0.893. The van der Waals surface area contributed by atoms with Gasteiger partial charge in [0.1, 0.15) is 5.75 Å². The summed E-state index contributed by atoms with van der Waals surface area (Å²) in [6.45, 7) is 3.76.